The summed E-state index contributed by atoms with van der Waals surface area (Å²) in [6, 6.07) is 4.47. The van der Waals surface area contributed by atoms with Crippen molar-refractivity contribution in [2.24, 2.45) is 0 Å². The Balaban J connectivity index is 1.50. The van der Waals surface area contributed by atoms with Gasteiger partial charge in [0.1, 0.15) is 28.8 Å². The lowest BCUT2D eigenvalue weighted by molar-refractivity contribution is 0.0929. The molecule has 3 aromatic rings. The number of carbonyl (C=O) groups excluding carboxylic acids is 2. The van der Waals surface area contributed by atoms with Gasteiger partial charge in [-0.1, -0.05) is 0 Å². The predicted octanol–water partition coefficient (Wildman–Crippen LogP) is 3.19. The predicted molar refractivity (Wildman–Crippen MR) is 115 cm³/mol. The first kappa shape index (κ1) is 22.6. The van der Waals surface area contributed by atoms with Crippen LogP contribution in [0.25, 0.3) is 0 Å². The molecule has 0 radical (unpaired) electrons. The normalized spacial score (nSPS) is 16.4. The third-order valence-electron chi connectivity index (χ3n) is 6.30. The monoisotopic (exact) mass is 487 g/mol. The van der Waals surface area contributed by atoms with Crippen molar-refractivity contribution in [3.8, 4) is 5.75 Å². The summed E-state index contributed by atoms with van der Waals surface area (Å²) in [5.41, 5.74) is -1.53. The van der Waals surface area contributed by atoms with Gasteiger partial charge in [-0.15, -0.1) is 0 Å². The number of aromatic nitrogens is 1. The molecule has 1 aromatic heterocycles. The quantitative estimate of drug-likeness (QED) is 0.556. The molecule has 0 saturated carbocycles. The Morgan fingerprint density at radius 1 is 1.06 bits per heavy atom. The summed E-state index contributed by atoms with van der Waals surface area (Å²) in [5.74, 6) is -6.69. The van der Waals surface area contributed by atoms with Crippen molar-refractivity contribution in [2.45, 2.75) is 25.4 Å². The number of nitrogens with one attached hydrogen (secondary N) is 1. The maximum atomic E-state index is 13.9. The lowest BCUT2D eigenvalue weighted by Crippen LogP contribution is -2.44. The second-order valence-corrected chi connectivity index (χ2v) is 8.39. The van der Waals surface area contributed by atoms with Crippen LogP contribution in [-0.2, 0) is 13.0 Å². The number of aromatic hydroxyl groups is 1. The van der Waals surface area contributed by atoms with Crippen molar-refractivity contribution in [2.75, 3.05) is 11.4 Å². The molecular formula is C24H17F4N3O4. The standard InChI is InChI=1S/C24H17F4N3O4/c25-12-2-4-19-11(5-12)1-3-14-9-31(19)24(35)20-22(33)21(32)16(10-30(14)20)23(34)29-8-15-17(27)6-13(26)7-18(15)28/h2,4-7,10,14,33H,1,3,8-9H2,(H,29,34). The Labute approximate surface area is 195 Å². The molecule has 5 rings (SSSR count). The van der Waals surface area contributed by atoms with Gasteiger partial charge in [0, 0.05) is 42.7 Å². The van der Waals surface area contributed by atoms with Gasteiger partial charge in [-0.05, 0) is 36.6 Å². The van der Waals surface area contributed by atoms with Gasteiger partial charge in [0.15, 0.2) is 11.4 Å². The van der Waals surface area contributed by atoms with Crippen molar-refractivity contribution in [1.82, 2.24) is 9.88 Å². The number of pyridine rings is 1. The first-order valence-electron chi connectivity index (χ1n) is 10.7. The van der Waals surface area contributed by atoms with E-state index < -0.39 is 70.0 Å². The van der Waals surface area contributed by atoms with Gasteiger partial charge in [-0.25, -0.2) is 17.6 Å². The van der Waals surface area contributed by atoms with Gasteiger partial charge < -0.3 is 19.9 Å². The van der Waals surface area contributed by atoms with Crippen molar-refractivity contribution >= 4 is 17.5 Å². The molecule has 2 aliphatic rings. The van der Waals surface area contributed by atoms with E-state index in [9.17, 15) is 37.1 Å². The minimum atomic E-state index is -1.21. The Bertz CT molecular complexity index is 1450. The molecule has 2 aliphatic heterocycles. The van der Waals surface area contributed by atoms with Crippen LogP contribution in [-0.4, -0.2) is 28.0 Å². The van der Waals surface area contributed by atoms with E-state index in [4.69, 9.17) is 0 Å². The molecule has 0 fully saturated rings. The van der Waals surface area contributed by atoms with Crippen LogP contribution in [0.15, 0.2) is 41.3 Å². The average molecular weight is 487 g/mol. The molecule has 2 aromatic carbocycles. The fourth-order valence-electron chi connectivity index (χ4n) is 4.57. The molecule has 0 aliphatic carbocycles. The van der Waals surface area contributed by atoms with Gasteiger partial charge in [0.25, 0.3) is 11.8 Å². The molecule has 0 saturated heterocycles. The maximum Gasteiger partial charge on any atom is 0.279 e. The molecule has 180 valence electrons. The number of amides is 2. The topological polar surface area (TPSA) is 91.6 Å². The number of rotatable bonds is 3. The minimum Gasteiger partial charge on any atom is -0.503 e. The maximum absolute atomic E-state index is 13.9. The fourth-order valence-corrected chi connectivity index (χ4v) is 4.57. The second kappa shape index (κ2) is 8.26. The molecule has 1 unspecified atom stereocenters. The SMILES string of the molecule is O=C(NCc1c(F)cc(F)cc1F)c1cn2c(c(O)c1=O)C(=O)N1CC2CCc2cc(F)ccc21. The summed E-state index contributed by atoms with van der Waals surface area (Å²) >= 11 is 0. The average Bonchev–Trinajstić information content (AvgIpc) is 2.96. The lowest BCUT2D eigenvalue weighted by atomic mass is 10.0. The van der Waals surface area contributed by atoms with Crippen LogP contribution < -0.4 is 15.6 Å². The largest absolute Gasteiger partial charge is 0.503 e. The first-order chi connectivity index (χ1) is 16.7. The Hall–Kier alpha value is -4.15. The van der Waals surface area contributed by atoms with Crippen molar-refractivity contribution < 1.29 is 32.3 Å². The van der Waals surface area contributed by atoms with Crippen LogP contribution in [0.3, 0.4) is 0 Å². The van der Waals surface area contributed by atoms with Gasteiger partial charge >= 0.3 is 0 Å². The number of anilines is 1. The molecular weight excluding hydrogens is 470 g/mol. The number of halogens is 4. The molecule has 11 heteroatoms. The first-order valence-corrected chi connectivity index (χ1v) is 10.7. The highest BCUT2D eigenvalue weighted by Crippen LogP contribution is 2.37. The van der Waals surface area contributed by atoms with Crippen molar-refractivity contribution in [3.05, 3.63) is 92.4 Å². The summed E-state index contributed by atoms with van der Waals surface area (Å²) in [5, 5.41) is 12.8. The molecule has 2 N–H and O–H groups in total. The van der Waals surface area contributed by atoms with Crippen molar-refractivity contribution in [1.29, 1.82) is 0 Å². The van der Waals surface area contributed by atoms with Crippen LogP contribution >= 0.6 is 0 Å². The highest BCUT2D eigenvalue weighted by Gasteiger charge is 2.38. The van der Waals surface area contributed by atoms with Crippen LogP contribution in [0, 0.1) is 23.3 Å². The summed E-state index contributed by atoms with van der Waals surface area (Å²) in [4.78, 5) is 40.0. The van der Waals surface area contributed by atoms with Crippen LogP contribution in [0.1, 0.15) is 44.4 Å². The van der Waals surface area contributed by atoms with E-state index in [1.54, 1.807) is 0 Å². The molecule has 2 bridgehead atoms. The molecule has 35 heavy (non-hydrogen) atoms. The van der Waals surface area contributed by atoms with E-state index in [0.717, 1.165) is 6.20 Å². The summed E-state index contributed by atoms with van der Waals surface area (Å²) in [6.07, 6.45) is 1.95. The van der Waals surface area contributed by atoms with E-state index in [0.29, 0.717) is 36.2 Å². The Morgan fingerprint density at radius 2 is 1.77 bits per heavy atom. The van der Waals surface area contributed by atoms with Gasteiger partial charge in [0.05, 0.1) is 6.04 Å². The van der Waals surface area contributed by atoms with Crippen LogP contribution in [0.2, 0.25) is 0 Å². The zero-order chi connectivity index (χ0) is 25.0. The van der Waals surface area contributed by atoms with E-state index in [2.05, 4.69) is 5.32 Å². The van der Waals surface area contributed by atoms with E-state index in [1.165, 1.54) is 27.7 Å². The van der Waals surface area contributed by atoms with Gasteiger partial charge in [-0.2, -0.15) is 0 Å². The summed E-state index contributed by atoms with van der Waals surface area (Å²) < 4.78 is 56.0. The third kappa shape index (κ3) is 3.72. The summed E-state index contributed by atoms with van der Waals surface area (Å²) in [7, 11) is 0. The number of nitrogens with zero attached hydrogens (tertiary/aromatic N) is 2. The Morgan fingerprint density at radius 3 is 2.49 bits per heavy atom. The summed E-state index contributed by atoms with van der Waals surface area (Å²) in [6.45, 7) is -0.518. The zero-order valence-electron chi connectivity index (χ0n) is 17.9. The van der Waals surface area contributed by atoms with Crippen LogP contribution in [0.4, 0.5) is 23.2 Å². The Kier molecular flexibility index (Phi) is 5.34. The second-order valence-electron chi connectivity index (χ2n) is 8.39. The number of aryl methyl sites for hydroxylation is 1. The number of benzene rings is 2. The number of carbonyl (C=O) groups is 2. The minimum absolute atomic E-state index is 0.167. The lowest BCUT2D eigenvalue weighted by Gasteiger charge is -2.35. The van der Waals surface area contributed by atoms with Crippen molar-refractivity contribution in [3.63, 3.8) is 0 Å². The molecule has 7 nitrogen and oxygen atoms in total. The van der Waals surface area contributed by atoms with Gasteiger partial charge in [0.2, 0.25) is 5.43 Å². The van der Waals surface area contributed by atoms with Crippen LogP contribution in [0.5, 0.6) is 5.75 Å². The molecule has 1 atom stereocenters. The molecule has 3 heterocycles. The fraction of sp³-hybridized carbons (Fsp3) is 0.208. The number of hydrogen-bond acceptors (Lipinski definition) is 4. The van der Waals surface area contributed by atoms with E-state index >= 15 is 0 Å². The van der Waals surface area contributed by atoms with E-state index in [-0.39, 0.29) is 12.2 Å². The third-order valence-corrected chi connectivity index (χ3v) is 6.30. The molecule has 0 spiro atoms. The number of fused-ring (bicyclic) bond motifs is 6. The van der Waals surface area contributed by atoms with Gasteiger partial charge in [-0.3, -0.25) is 14.4 Å². The molecule has 2 amide bonds. The smallest absolute Gasteiger partial charge is 0.279 e. The number of hydrogen-bond donors (Lipinski definition) is 2. The van der Waals surface area contributed by atoms with E-state index in [1.807, 2.05) is 0 Å². The highest BCUT2D eigenvalue weighted by atomic mass is 19.1. The highest BCUT2D eigenvalue weighted by molar-refractivity contribution is 6.08. The zero-order valence-corrected chi connectivity index (χ0v) is 17.9.